The van der Waals surface area contributed by atoms with Crippen LogP contribution >= 0.6 is 11.8 Å². The molecular formula is C11H23NO6S. The maximum Gasteiger partial charge on any atom is 0.230 e. The zero-order valence-corrected chi connectivity index (χ0v) is 11.8. The molecule has 0 heterocycles. The molecule has 7 nitrogen and oxygen atoms in total. The zero-order chi connectivity index (χ0) is 14.7. The van der Waals surface area contributed by atoms with Crippen molar-refractivity contribution in [1.82, 2.24) is 5.32 Å². The Morgan fingerprint density at radius 1 is 1.26 bits per heavy atom. The smallest absolute Gasteiger partial charge is 0.230 e. The second-order valence-electron chi connectivity index (χ2n) is 3.88. The number of thioether (sulfide) groups is 1. The van der Waals surface area contributed by atoms with Gasteiger partial charge in [-0.05, 0) is 6.42 Å². The number of hydrogen-bond acceptors (Lipinski definition) is 7. The fraction of sp³-hybridized carbons (Fsp3) is 0.909. The van der Waals surface area contributed by atoms with E-state index in [-0.39, 0.29) is 18.3 Å². The van der Waals surface area contributed by atoms with Crippen LogP contribution in [0, 0.1) is 0 Å². The summed E-state index contributed by atoms with van der Waals surface area (Å²) in [6, 6.07) is 0. The minimum absolute atomic E-state index is 0.110. The number of carbonyl (C=O) groups is 1. The molecule has 1 unspecified atom stereocenters. The molecule has 0 aliphatic heterocycles. The van der Waals surface area contributed by atoms with Gasteiger partial charge in [-0.15, -0.1) is 11.8 Å². The van der Waals surface area contributed by atoms with Gasteiger partial charge in [-0.25, -0.2) is 0 Å². The second-order valence-corrected chi connectivity index (χ2v) is 5.03. The first-order valence-corrected chi connectivity index (χ1v) is 7.18. The molecule has 0 saturated heterocycles. The van der Waals surface area contributed by atoms with Crippen LogP contribution in [0.3, 0.4) is 0 Å². The van der Waals surface area contributed by atoms with Crippen LogP contribution in [0.4, 0.5) is 0 Å². The van der Waals surface area contributed by atoms with E-state index in [0.717, 1.165) is 18.2 Å². The summed E-state index contributed by atoms with van der Waals surface area (Å²) in [7, 11) is 0. The highest BCUT2D eigenvalue weighted by atomic mass is 32.2. The average molecular weight is 297 g/mol. The third-order valence-electron chi connectivity index (χ3n) is 2.24. The SMILES string of the molecule is CCCNC(=O)CS[C@@H](CO)OC(CO)[C@H](O)CO. The molecule has 114 valence electrons. The first-order chi connectivity index (χ1) is 9.08. The van der Waals surface area contributed by atoms with Gasteiger partial charge in [0.2, 0.25) is 5.91 Å². The van der Waals surface area contributed by atoms with Crippen LogP contribution in [0.1, 0.15) is 13.3 Å². The van der Waals surface area contributed by atoms with Gasteiger partial charge < -0.3 is 30.5 Å². The zero-order valence-electron chi connectivity index (χ0n) is 11.0. The predicted molar refractivity (Wildman–Crippen MR) is 71.7 cm³/mol. The van der Waals surface area contributed by atoms with Crippen LogP contribution < -0.4 is 5.32 Å². The van der Waals surface area contributed by atoms with Gasteiger partial charge >= 0.3 is 0 Å². The Bertz CT molecular complexity index is 243. The summed E-state index contributed by atoms with van der Waals surface area (Å²) < 4.78 is 5.23. The molecule has 1 amide bonds. The van der Waals surface area contributed by atoms with Crippen LogP contribution in [0.2, 0.25) is 0 Å². The molecule has 0 aliphatic rings. The molecule has 5 N–H and O–H groups in total. The van der Waals surface area contributed by atoms with Gasteiger partial charge in [0.05, 0.1) is 25.6 Å². The number of rotatable bonds is 11. The van der Waals surface area contributed by atoms with Crippen LogP contribution in [-0.2, 0) is 9.53 Å². The van der Waals surface area contributed by atoms with Crippen molar-refractivity contribution >= 4 is 17.7 Å². The quantitative estimate of drug-likeness (QED) is 0.288. The number of nitrogens with one attached hydrogen (secondary N) is 1. The minimum atomic E-state index is -1.23. The summed E-state index contributed by atoms with van der Waals surface area (Å²) in [5.74, 6) is -0.0596. The van der Waals surface area contributed by atoms with Gasteiger partial charge in [0.25, 0.3) is 0 Å². The van der Waals surface area contributed by atoms with Crippen molar-refractivity contribution in [1.29, 1.82) is 0 Å². The molecule has 0 aromatic rings. The Balaban J connectivity index is 4.08. The molecule has 0 radical (unpaired) electrons. The van der Waals surface area contributed by atoms with E-state index in [1.54, 1.807) is 0 Å². The first-order valence-electron chi connectivity index (χ1n) is 6.13. The van der Waals surface area contributed by atoms with Crippen LogP contribution in [-0.4, -0.2) is 76.1 Å². The monoisotopic (exact) mass is 297 g/mol. The Hall–Kier alpha value is -0.380. The van der Waals surface area contributed by atoms with Crippen molar-refractivity contribution in [2.24, 2.45) is 0 Å². The fourth-order valence-corrected chi connectivity index (χ4v) is 1.95. The molecule has 19 heavy (non-hydrogen) atoms. The number of aliphatic hydroxyl groups excluding tert-OH is 4. The van der Waals surface area contributed by atoms with Gasteiger partial charge in [-0.3, -0.25) is 4.79 Å². The highest BCUT2D eigenvalue weighted by Crippen LogP contribution is 2.15. The predicted octanol–water partition coefficient (Wildman–Crippen LogP) is -1.71. The number of hydrogen-bond donors (Lipinski definition) is 5. The van der Waals surface area contributed by atoms with Crippen molar-refractivity contribution in [3.63, 3.8) is 0 Å². The van der Waals surface area contributed by atoms with Crippen molar-refractivity contribution < 1.29 is 30.0 Å². The Kier molecular flexibility index (Phi) is 11.2. The van der Waals surface area contributed by atoms with Crippen molar-refractivity contribution in [2.75, 3.05) is 32.1 Å². The van der Waals surface area contributed by atoms with Crippen molar-refractivity contribution in [3.05, 3.63) is 0 Å². The van der Waals surface area contributed by atoms with E-state index in [1.807, 2.05) is 6.92 Å². The second kappa shape index (κ2) is 11.4. The lowest BCUT2D eigenvalue weighted by molar-refractivity contribution is -0.118. The standard InChI is InChI=1S/C11H23NO6S/c1-2-3-12-10(17)7-19-11(6-15)18-9(5-14)8(16)4-13/h8-9,11,13-16H,2-7H2,1H3,(H,12,17)/t8-,9?,11+/m1/s1. The van der Waals surface area contributed by atoms with Crippen LogP contribution in [0.15, 0.2) is 0 Å². The highest BCUT2D eigenvalue weighted by Gasteiger charge is 2.23. The van der Waals surface area contributed by atoms with E-state index in [9.17, 15) is 9.90 Å². The summed E-state index contributed by atoms with van der Waals surface area (Å²) >= 11 is 1.06. The minimum Gasteiger partial charge on any atom is -0.394 e. The lowest BCUT2D eigenvalue weighted by Gasteiger charge is -2.24. The van der Waals surface area contributed by atoms with E-state index < -0.39 is 30.9 Å². The molecule has 3 atom stereocenters. The molecule has 0 aliphatic carbocycles. The normalized spacial score (nSPS) is 15.8. The summed E-state index contributed by atoms with van der Waals surface area (Å²) in [4.78, 5) is 11.4. The number of carbonyl (C=O) groups excluding carboxylic acids is 1. The third kappa shape index (κ3) is 8.40. The summed E-state index contributed by atoms with van der Waals surface area (Å²) in [5.41, 5.74) is -0.745. The van der Waals surface area contributed by atoms with Gasteiger partial charge in [0.1, 0.15) is 17.6 Å². The Morgan fingerprint density at radius 3 is 2.42 bits per heavy atom. The largest absolute Gasteiger partial charge is 0.394 e. The Morgan fingerprint density at radius 2 is 1.95 bits per heavy atom. The van der Waals surface area contributed by atoms with Crippen LogP contribution in [0.5, 0.6) is 0 Å². The molecule has 0 spiro atoms. The fourth-order valence-electron chi connectivity index (χ4n) is 1.19. The summed E-state index contributed by atoms with van der Waals surface area (Å²) in [6.07, 6.45) is -1.38. The van der Waals surface area contributed by atoms with Gasteiger partial charge in [0.15, 0.2) is 0 Å². The molecule has 0 bridgehead atoms. The summed E-state index contributed by atoms with van der Waals surface area (Å²) in [5, 5.41) is 38.9. The number of ether oxygens (including phenoxy) is 1. The van der Waals surface area contributed by atoms with Crippen molar-refractivity contribution in [3.8, 4) is 0 Å². The van der Waals surface area contributed by atoms with E-state index in [0.29, 0.717) is 6.54 Å². The maximum atomic E-state index is 11.4. The Labute approximate surface area is 117 Å². The molecule has 0 saturated carbocycles. The molecule has 0 aromatic heterocycles. The third-order valence-corrected chi connectivity index (χ3v) is 3.31. The van der Waals surface area contributed by atoms with Gasteiger partial charge in [-0.2, -0.15) is 0 Å². The van der Waals surface area contributed by atoms with Crippen molar-refractivity contribution in [2.45, 2.75) is 31.0 Å². The van der Waals surface area contributed by atoms with E-state index in [1.165, 1.54) is 0 Å². The van der Waals surface area contributed by atoms with Gasteiger partial charge in [0, 0.05) is 6.54 Å². The lowest BCUT2D eigenvalue weighted by atomic mass is 10.2. The van der Waals surface area contributed by atoms with E-state index in [4.69, 9.17) is 20.1 Å². The lowest BCUT2D eigenvalue weighted by Crippen LogP contribution is -2.38. The first kappa shape index (κ1) is 18.6. The maximum absolute atomic E-state index is 11.4. The topological polar surface area (TPSA) is 119 Å². The van der Waals surface area contributed by atoms with Crippen LogP contribution in [0.25, 0.3) is 0 Å². The van der Waals surface area contributed by atoms with E-state index >= 15 is 0 Å². The average Bonchev–Trinajstić information content (AvgIpc) is 2.44. The molecule has 0 fully saturated rings. The number of amides is 1. The molecule has 0 aromatic carbocycles. The summed E-state index contributed by atoms with van der Waals surface area (Å²) in [6.45, 7) is 1.13. The van der Waals surface area contributed by atoms with Gasteiger partial charge in [-0.1, -0.05) is 6.92 Å². The molecular weight excluding hydrogens is 274 g/mol. The molecule has 0 rings (SSSR count). The molecule has 8 heteroatoms. The highest BCUT2D eigenvalue weighted by molar-refractivity contribution is 8.00. The number of aliphatic hydroxyl groups is 4. The van der Waals surface area contributed by atoms with E-state index in [2.05, 4.69) is 5.32 Å².